The first-order valence-corrected chi connectivity index (χ1v) is 6.99. The number of carboxylic acid groups (broad SMARTS) is 1. The second-order valence-electron chi connectivity index (χ2n) is 3.67. The van der Waals surface area contributed by atoms with Crippen LogP contribution in [-0.4, -0.2) is 37.9 Å². The van der Waals surface area contributed by atoms with E-state index in [0.29, 0.717) is 0 Å². The molecule has 0 aliphatic rings. The van der Waals surface area contributed by atoms with E-state index in [1.807, 2.05) is 0 Å². The number of carboxylic acids is 1. The summed E-state index contributed by atoms with van der Waals surface area (Å²) >= 11 is 3.01. The molecule has 100 valence electrons. The third-order valence-electron chi connectivity index (χ3n) is 2.29. The van der Waals surface area contributed by atoms with E-state index >= 15 is 0 Å². The summed E-state index contributed by atoms with van der Waals surface area (Å²) in [4.78, 5) is 10.7. The molecule has 0 unspecified atom stereocenters. The van der Waals surface area contributed by atoms with Gasteiger partial charge in [0, 0.05) is 18.6 Å². The van der Waals surface area contributed by atoms with Gasteiger partial charge in [0.25, 0.3) is 0 Å². The molecule has 0 amide bonds. The average molecular weight is 340 g/mol. The number of alkyl halides is 1. The van der Waals surface area contributed by atoms with Crippen molar-refractivity contribution in [2.75, 3.05) is 14.1 Å². The quantitative estimate of drug-likeness (QED) is 0.908. The SMILES string of the molecule is CN(C)S(=O)(=O)c1cc(C(=O)O)c(CF)cc1Br. The number of aromatic carboxylic acids is 1. The van der Waals surface area contributed by atoms with Crippen molar-refractivity contribution < 1.29 is 22.7 Å². The van der Waals surface area contributed by atoms with E-state index in [0.717, 1.165) is 10.4 Å². The van der Waals surface area contributed by atoms with Gasteiger partial charge in [-0.3, -0.25) is 0 Å². The fourth-order valence-corrected chi connectivity index (χ4v) is 3.27. The van der Waals surface area contributed by atoms with Crippen molar-refractivity contribution in [1.29, 1.82) is 0 Å². The Labute approximate surface area is 112 Å². The first-order valence-electron chi connectivity index (χ1n) is 4.76. The van der Waals surface area contributed by atoms with Crippen LogP contribution in [0.1, 0.15) is 15.9 Å². The maximum atomic E-state index is 12.7. The normalized spacial score (nSPS) is 11.8. The predicted octanol–water partition coefficient (Wildman–Crippen LogP) is 1.87. The molecule has 0 heterocycles. The molecule has 0 aromatic heterocycles. The van der Waals surface area contributed by atoms with Crippen LogP contribution in [0.4, 0.5) is 4.39 Å². The van der Waals surface area contributed by atoms with Crippen molar-refractivity contribution >= 4 is 31.9 Å². The number of halogens is 2. The minimum atomic E-state index is -3.79. The second kappa shape index (κ2) is 5.33. The van der Waals surface area contributed by atoms with Gasteiger partial charge in [-0.2, -0.15) is 0 Å². The van der Waals surface area contributed by atoms with Gasteiger partial charge in [0.2, 0.25) is 10.0 Å². The Kier molecular flexibility index (Phi) is 4.46. The Balaban J connectivity index is 3.59. The number of rotatable bonds is 4. The van der Waals surface area contributed by atoms with Crippen LogP contribution in [0.5, 0.6) is 0 Å². The molecule has 0 fully saturated rings. The summed E-state index contributed by atoms with van der Waals surface area (Å²) in [7, 11) is -1.14. The Morgan fingerprint density at radius 2 is 2.00 bits per heavy atom. The van der Waals surface area contributed by atoms with E-state index in [-0.39, 0.29) is 20.5 Å². The van der Waals surface area contributed by atoms with Crippen molar-refractivity contribution in [3.05, 3.63) is 27.7 Å². The Morgan fingerprint density at radius 1 is 1.44 bits per heavy atom. The van der Waals surface area contributed by atoms with E-state index in [2.05, 4.69) is 15.9 Å². The zero-order chi connectivity index (χ0) is 14.1. The minimum absolute atomic E-state index is 0.0768. The van der Waals surface area contributed by atoms with Gasteiger partial charge in [-0.05, 0) is 33.6 Å². The summed E-state index contributed by atoms with van der Waals surface area (Å²) in [5.41, 5.74) is -0.437. The van der Waals surface area contributed by atoms with Crippen molar-refractivity contribution in [1.82, 2.24) is 4.31 Å². The van der Waals surface area contributed by atoms with Gasteiger partial charge >= 0.3 is 5.97 Å². The third-order valence-corrected chi connectivity index (χ3v) is 5.06. The highest BCUT2D eigenvalue weighted by Crippen LogP contribution is 2.28. The van der Waals surface area contributed by atoms with Crippen LogP contribution in [0.3, 0.4) is 0 Å². The van der Waals surface area contributed by atoms with Crippen LogP contribution < -0.4 is 0 Å². The van der Waals surface area contributed by atoms with Gasteiger partial charge in [0.05, 0.1) is 10.5 Å². The summed E-state index contributed by atoms with van der Waals surface area (Å²) in [5.74, 6) is -1.37. The topological polar surface area (TPSA) is 74.7 Å². The van der Waals surface area contributed by atoms with E-state index in [1.165, 1.54) is 20.2 Å². The van der Waals surface area contributed by atoms with Crippen LogP contribution in [-0.2, 0) is 16.7 Å². The van der Waals surface area contributed by atoms with E-state index in [4.69, 9.17) is 5.11 Å². The van der Waals surface area contributed by atoms with Crippen LogP contribution in [0, 0.1) is 0 Å². The zero-order valence-electron chi connectivity index (χ0n) is 9.65. The summed E-state index contributed by atoms with van der Waals surface area (Å²) < 4.78 is 37.6. The van der Waals surface area contributed by atoms with Crippen molar-refractivity contribution in [3.63, 3.8) is 0 Å². The number of hydrogen-bond acceptors (Lipinski definition) is 3. The first-order chi connectivity index (χ1) is 8.21. The summed E-state index contributed by atoms with van der Waals surface area (Å²) in [6.45, 7) is -0.984. The Bertz CT molecular complexity index is 586. The molecule has 0 aliphatic carbocycles. The third kappa shape index (κ3) is 2.70. The number of nitrogens with zero attached hydrogens (tertiary/aromatic N) is 1. The molecule has 0 saturated carbocycles. The second-order valence-corrected chi connectivity index (χ2v) is 6.64. The molecule has 1 aromatic carbocycles. The lowest BCUT2D eigenvalue weighted by Crippen LogP contribution is -2.23. The molecule has 0 bridgehead atoms. The summed E-state index contributed by atoms with van der Waals surface area (Å²) in [5, 5.41) is 8.93. The lowest BCUT2D eigenvalue weighted by Gasteiger charge is -2.14. The number of sulfonamides is 1. The Hall–Kier alpha value is -0.990. The fourth-order valence-electron chi connectivity index (χ4n) is 1.30. The van der Waals surface area contributed by atoms with Gasteiger partial charge in [0.1, 0.15) is 6.67 Å². The van der Waals surface area contributed by atoms with Crippen LogP contribution in [0.15, 0.2) is 21.5 Å². The largest absolute Gasteiger partial charge is 0.478 e. The number of carbonyl (C=O) groups is 1. The van der Waals surface area contributed by atoms with Gasteiger partial charge in [-0.1, -0.05) is 0 Å². The van der Waals surface area contributed by atoms with Gasteiger partial charge in [0.15, 0.2) is 0 Å². The first kappa shape index (κ1) is 15.1. The van der Waals surface area contributed by atoms with Gasteiger partial charge in [-0.15, -0.1) is 0 Å². The monoisotopic (exact) mass is 339 g/mol. The molecule has 0 saturated heterocycles. The van der Waals surface area contributed by atoms with Gasteiger partial charge in [-0.25, -0.2) is 21.9 Å². The van der Waals surface area contributed by atoms with Gasteiger partial charge < -0.3 is 5.11 Å². The molecule has 1 N–H and O–H groups in total. The standard InChI is InChI=1S/C10H11BrFNO4S/c1-13(2)18(16,17)9-4-7(10(14)15)6(5-12)3-8(9)11/h3-4H,5H2,1-2H3,(H,14,15). The summed E-state index contributed by atoms with van der Waals surface area (Å²) in [6, 6.07) is 2.12. The minimum Gasteiger partial charge on any atom is -0.478 e. The highest BCUT2D eigenvalue weighted by molar-refractivity contribution is 9.10. The molecular formula is C10H11BrFNO4S. The van der Waals surface area contributed by atoms with Crippen molar-refractivity contribution in [3.8, 4) is 0 Å². The maximum Gasteiger partial charge on any atom is 0.336 e. The molecule has 1 rings (SSSR count). The molecule has 18 heavy (non-hydrogen) atoms. The predicted molar refractivity (Wildman–Crippen MR) is 66.8 cm³/mol. The lowest BCUT2D eigenvalue weighted by atomic mass is 10.1. The molecule has 5 nitrogen and oxygen atoms in total. The van der Waals surface area contributed by atoms with Crippen LogP contribution >= 0.6 is 15.9 Å². The molecule has 0 aliphatic heterocycles. The zero-order valence-corrected chi connectivity index (χ0v) is 12.0. The molecule has 0 radical (unpaired) electrons. The number of benzene rings is 1. The van der Waals surface area contributed by atoms with Crippen LogP contribution in [0.25, 0.3) is 0 Å². The average Bonchev–Trinajstić information content (AvgIpc) is 2.27. The molecule has 0 spiro atoms. The van der Waals surface area contributed by atoms with E-state index in [1.54, 1.807) is 0 Å². The number of hydrogen-bond donors (Lipinski definition) is 1. The highest BCUT2D eigenvalue weighted by atomic mass is 79.9. The van der Waals surface area contributed by atoms with Crippen LogP contribution in [0.2, 0.25) is 0 Å². The molecular weight excluding hydrogens is 329 g/mol. The smallest absolute Gasteiger partial charge is 0.336 e. The van der Waals surface area contributed by atoms with Crippen molar-refractivity contribution in [2.45, 2.75) is 11.6 Å². The fraction of sp³-hybridized carbons (Fsp3) is 0.300. The summed E-state index contributed by atoms with van der Waals surface area (Å²) in [6.07, 6.45) is 0. The van der Waals surface area contributed by atoms with E-state index in [9.17, 15) is 17.6 Å². The highest BCUT2D eigenvalue weighted by Gasteiger charge is 2.24. The van der Waals surface area contributed by atoms with Crippen molar-refractivity contribution in [2.24, 2.45) is 0 Å². The molecule has 8 heteroatoms. The van der Waals surface area contributed by atoms with E-state index < -0.39 is 22.7 Å². The lowest BCUT2D eigenvalue weighted by molar-refractivity contribution is 0.0694. The molecule has 0 atom stereocenters. The molecule has 1 aromatic rings. The Morgan fingerprint density at radius 3 is 2.39 bits per heavy atom. The maximum absolute atomic E-state index is 12.7.